The first-order chi connectivity index (χ1) is 20.4. The van der Waals surface area contributed by atoms with Gasteiger partial charge in [0.25, 0.3) is 0 Å². The SMILES string of the molecule is COc1ccc(C)cc1.COc1cccc2cc(C)ccc12.CSc1ccc(C)cc1.Cc1ccc(OC(F)(F)F)cc1. The molecule has 5 aromatic carbocycles. The summed E-state index contributed by atoms with van der Waals surface area (Å²) in [5.41, 5.74) is 4.76. The van der Waals surface area contributed by atoms with Gasteiger partial charge >= 0.3 is 6.36 Å². The Kier molecular flexibility index (Phi) is 14.5. The zero-order chi connectivity index (χ0) is 31.8. The van der Waals surface area contributed by atoms with E-state index in [9.17, 15) is 13.2 Å². The van der Waals surface area contributed by atoms with Crippen molar-refractivity contribution in [1.82, 2.24) is 0 Å². The number of halogens is 3. The van der Waals surface area contributed by atoms with Gasteiger partial charge in [-0.25, -0.2) is 0 Å². The van der Waals surface area contributed by atoms with Crippen LogP contribution in [0.15, 0.2) is 114 Å². The van der Waals surface area contributed by atoms with Gasteiger partial charge in [-0.05, 0) is 81.8 Å². The quantitative estimate of drug-likeness (QED) is 0.190. The summed E-state index contributed by atoms with van der Waals surface area (Å²) in [6, 6.07) is 34.6. The van der Waals surface area contributed by atoms with Gasteiger partial charge < -0.3 is 14.2 Å². The van der Waals surface area contributed by atoms with Crippen LogP contribution < -0.4 is 14.2 Å². The smallest absolute Gasteiger partial charge is 0.497 e. The van der Waals surface area contributed by atoms with Crippen LogP contribution in [-0.2, 0) is 0 Å². The highest BCUT2D eigenvalue weighted by Gasteiger charge is 2.30. The monoisotopic (exact) mass is 608 g/mol. The maximum Gasteiger partial charge on any atom is 0.573 e. The molecule has 0 aliphatic carbocycles. The predicted octanol–water partition coefficient (Wildman–Crippen LogP) is 10.8. The molecule has 5 rings (SSSR count). The molecule has 3 nitrogen and oxygen atoms in total. The number of aryl methyl sites for hydroxylation is 4. The molecule has 0 spiro atoms. The van der Waals surface area contributed by atoms with Gasteiger partial charge in [-0.3, -0.25) is 0 Å². The van der Waals surface area contributed by atoms with E-state index >= 15 is 0 Å². The number of methoxy groups -OCH3 is 2. The van der Waals surface area contributed by atoms with Crippen molar-refractivity contribution in [2.45, 2.75) is 39.0 Å². The van der Waals surface area contributed by atoms with Crippen LogP contribution in [0.4, 0.5) is 13.2 Å². The Labute approximate surface area is 257 Å². The Morgan fingerprint density at radius 2 is 1.05 bits per heavy atom. The Hall–Kier alpha value is -4.10. The zero-order valence-electron chi connectivity index (χ0n) is 25.7. The minimum absolute atomic E-state index is 0.187. The lowest BCUT2D eigenvalue weighted by Crippen LogP contribution is -2.16. The molecular weight excluding hydrogens is 569 g/mol. The summed E-state index contributed by atoms with van der Waals surface area (Å²) in [6.45, 7) is 8.04. The second-order valence-corrected chi connectivity index (χ2v) is 10.5. The molecule has 0 unspecified atom stereocenters. The fourth-order valence-corrected chi connectivity index (χ4v) is 4.05. The van der Waals surface area contributed by atoms with Crippen molar-refractivity contribution in [2.75, 3.05) is 20.5 Å². The average molecular weight is 609 g/mol. The summed E-state index contributed by atoms with van der Waals surface area (Å²) in [5.74, 6) is 1.67. The molecule has 228 valence electrons. The third-order valence-electron chi connectivity index (χ3n) is 5.98. The second kappa shape index (κ2) is 17.8. The summed E-state index contributed by atoms with van der Waals surface area (Å²) in [7, 11) is 3.37. The number of benzene rings is 5. The molecule has 0 bridgehead atoms. The Morgan fingerprint density at radius 1 is 0.558 bits per heavy atom. The lowest BCUT2D eigenvalue weighted by Gasteiger charge is -2.08. The number of thioether (sulfide) groups is 1. The topological polar surface area (TPSA) is 27.7 Å². The van der Waals surface area contributed by atoms with Gasteiger partial charge in [0.1, 0.15) is 17.2 Å². The maximum absolute atomic E-state index is 11.6. The summed E-state index contributed by atoms with van der Waals surface area (Å²) in [5, 5.41) is 2.41. The van der Waals surface area contributed by atoms with E-state index in [1.54, 1.807) is 45.0 Å². The van der Waals surface area contributed by atoms with Gasteiger partial charge in [-0.2, -0.15) is 0 Å². The van der Waals surface area contributed by atoms with E-state index in [0.29, 0.717) is 0 Å². The van der Waals surface area contributed by atoms with Gasteiger partial charge in [0.15, 0.2) is 0 Å². The molecule has 5 aromatic rings. The Bertz CT molecular complexity index is 1450. The molecule has 7 heteroatoms. The van der Waals surface area contributed by atoms with Gasteiger partial charge in [0.2, 0.25) is 0 Å². The fraction of sp³-hybridized carbons (Fsp3) is 0.222. The van der Waals surface area contributed by atoms with Crippen LogP contribution in [0.1, 0.15) is 22.3 Å². The molecule has 0 radical (unpaired) electrons. The first-order valence-corrected chi connectivity index (χ1v) is 14.7. The van der Waals surface area contributed by atoms with E-state index in [-0.39, 0.29) is 5.75 Å². The Balaban J connectivity index is 0.000000203. The molecule has 0 amide bonds. The minimum atomic E-state index is -4.60. The number of rotatable bonds is 4. The number of hydrogen-bond acceptors (Lipinski definition) is 4. The van der Waals surface area contributed by atoms with E-state index in [4.69, 9.17) is 9.47 Å². The van der Waals surface area contributed by atoms with E-state index in [1.807, 2.05) is 36.4 Å². The lowest BCUT2D eigenvalue weighted by molar-refractivity contribution is -0.274. The van der Waals surface area contributed by atoms with E-state index < -0.39 is 6.36 Å². The summed E-state index contributed by atoms with van der Waals surface area (Å²) < 4.78 is 48.8. The fourth-order valence-electron chi connectivity index (χ4n) is 3.64. The first-order valence-electron chi connectivity index (χ1n) is 13.5. The first kappa shape index (κ1) is 35.1. The predicted molar refractivity (Wildman–Crippen MR) is 174 cm³/mol. The van der Waals surface area contributed by atoms with Crippen molar-refractivity contribution in [3.05, 3.63) is 131 Å². The van der Waals surface area contributed by atoms with Crippen LogP contribution in [0.2, 0.25) is 0 Å². The van der Waals surface area contributed by atoms with Crippen LogP contribution in [0.3, 0.4) is 0 Å². The third-order valence-corrected chi connectivity index (χ3v) is 6.73. The van der Waals surface area contributed by atoms with Crippen molar-refractivity contribution in [3.63, 3.8) is 0 Å². The highest BCUT2D eigenvalue weighted by atomic mass is 32.2. The van der Waals surface area contributed by atoms with E-state index in [1.165, 1.54) is 44.5 Å². The van der Waals surface area contributed by atoms with Crippen molar-refractivity contribution in [3.8, 4) is 17.2 Å². The maximum atomic E-state index is 11.6. The molecule has 0 saturated heterocycles. The molecule has 0 atom stereocenters. The number of fused-ring (bicyclic) bond motifs is 1. The number of hydrogen-bond donors (Lipinski definition) is 0. The molecule has 0 aromatic heterocycles. The molecule has 0 fully saturated rings. The van der Waals surface area contributed by atoms with Crippen molar-refractivity contribution in [2.24, 2.45) is 0 Å². The summed E-state index contributed by atoms with van der Waals surface area (Å²) in [6.07, 6.45) is -2.51. The van der Waals surface area contributed by atoms with Gasteiger partial charge in [0.05, 0.1) is 14.2 Å². The van der Waals surface area contributed by atoms with Crippen molar-refractivity contribution in [1.29, 1.82) is 0 Å². The minimum Gasteiger partial charge on any atom is -0.497 e. The van der Waals surface area contributed by atoms with Crippen molar-refractivity contribution >= 4 is 22.5 Å². The number of ether oxygens (including phenoxy) is 3. The molecule has 43 heavy (non-hydrogen) atoms. The van der Waals surface area contributed by atoms with Crippen LogP contribution in [0.25, 0.3) is 10.8 Å². The van der Waals surface area contributed by atoms with E-state index in [2.05, 4.69) is 80.3 Å². The molecule has 0 saturated carbocycles. The normalized spacial score (nSPS) is 10.2. The van der Waals surface area contributed by atoms with Crippen molar-refractivity contribution < 1.29 is 27.4 Å². The average Bonchev–Trinajstić information content (AvgIpc) is 2.99. The molecule has 0 aliphatic rings. The molecule has 0 N–H and O–H groups in total. The standard InChI is InChI=1S/C12H12O.C8H7F3O.C8H10O.C8H10S/c1-9-6-7-11-10(8-9)4-3-5-12(11)13-2;1-6-2-4-7(5-3-6)12-8(9,10)11;2*1-7-3-5-8(9-2)6-4-7/h3-8H,1-2H3;2-5H,1H3;2*3-6H,1-2H3. The highest BCUT2D eigenvalue weighted by molar-refractivity contribution is 7.98. The van der Waals surface area contributed by atoms with Gasteiger partial charge in [0, 0.05) is 10.3 Å². The van der Waals surface area contributed by atoms with Crippen LogP contribution in [-0.4, -0.2) is 26.8 Å². The lowest BCUT2D eigenvalue weighted by atomic mass is 10.1. The highest BCUT2D eigenvalue weighted by Crippen LogP contribution is 2.26. The summed E-state index contributed by atoms with van der Waals surface area (Å²) >= 11 is 1.78. The van der Waals surface area contributed by atoms with E-state index in [0.717, 1.165) is 17.1 Å². The van der Waals surface area contributed by atoms with Crippen LogP contribution in [0.5, 0.6) is 17.2 Å². The molecule has 0 aliphatic heterocycles. The number of alkyl halides is 3. The summed E-state index contributed by atoms with van der Waals surface area (Å²) in [4.78, 5) is 1.33. The zero-order valence-corrected chi connectivity index (χ0v) is 26.5. The molecular formula is C36H39F3O3S. The Morgan fingerprint density at radius 3 is 1.51 bits per heavy atom. The largest absolute Gasteiger partial charge is 0.573 e. The molecule has 0 heterocycles. The third kappa shape index (κ3) is 13.6. The van der Waals surface area contributed by atoms with Gasteiger partial charge in [-0.15, -0.1) is 24.9 Å². The van der Waals surface area contributed by atoms with Crippen LogP contribution >= 0.6 is 11.8 Å². The second-order valence-electron chi connectivity index (χ2n) is 9.58. The van der Waals surface area contributed by atoms with Crippen LogP contribution in [0, 0.1) is 27.7 Å². The van der Waals surface area contributed by atoms with Gasteiger partial charge in [-0.1, -0.05) is 89.0 Å².